The molecule has 16 rings (SSSR count). The molecule has 16 aromatic rings. The van der Waals surface area contributed by atoms with E-state index in [2.05, 4.69) is 41.3 Å². The fourth-order valence-electron chi connectivity index (χ4n) is 13.7. The largest absolute Gasteiger partial charge is 0.506 e. The molecule has 0 saturated heterocycles. The number of hydrogen-bond donors (Lipinski definition) is 13. The van der Waals surface area contributed by atoms with E-state index in [9.17, 15) is 85.5 Å². The van der Waals surface area contributed by atoms with Gasteiger partial charge >= 0.3 is 17.9 Å². The molecule has 0 spiro atoms. The fraction of sp³-hybridized carbons (Fsp3) is 0.0865. The highest BCUT2D eigenvalue weighted by Crippen LogP contribution is 2.46. The van der Waals surface area contributed by atoms with Crippen molar-refractivity contribution in [2.75, 3.05) is 54.2 Å². The second-order valence-corrected chi connectivity index (χ2v) is 39.7. The van der Waals surface area contributed by atoms with Crippen LogP contribution in [-0.2, 0) is 55.2 Å². The molecule has 0 aliphatic rings. The Hall–Kier alpha value is -14.6. The number of carbonyl (C=O) groups is 9. The summed E-state index contributed by atoms with van der Waals surface area (Å²) in [4.78, 5) is 106. The molecule has 0 aromatic heterocycles. The van der Waals surface area contributed by atoms with Crippen LogP contribution in [0.25, 0.3) is 65.0 Å². The number of rotatable bonds is 30. The lowest BCUT2D eigenvalue weighted by molar-refractivity contribution is -0.134. The van der Waals surface area contributed by atoms with Crippen LogP contribution in [0.1, 0.15) is 57.4 Å². The number of carbonyl (C=O) groups excluding carboxylic acids is 6. The molecule has 0 saturated carbocycles. The summed E-state index contributed by atoms with van der Waals surface area (Å²) in [5, 5.41) is 94.0. The van der Waals surface area contributed by atoms with Crippen molar-refractivity contribution in [3.8, 4) is 39.9 Å². The summed E-state index contributed by atoms with van der Waals surface area (Å²) in [6.07, 6.45) is 0.270. The Balaban J connectivity index is 0.000000155. The van der Waals surface area contributed by atoms with E-state index >= 15 is 0 Å². The van der Waals surface area contributed by atoms with Gasteiger partial charge in [0.1, 0.15) is 46.1 Å². The molecule has 0 heterocycles. The fourth-order valence-corrected chi connectivity index (χ4v) is 20.1. The Kier molecular flexibility index (Phi) is 35.4. The molecule has 0 atom stereocenters. The molecule has 0 fully saturated rings. The number of hydrogen-bond acceptors (Lipinski definition) is 23. The number of carboxylic acids is 3. The van der Waals surface area contributed by atoms with E-state index in [1.165, 1.54) is 98.5 Å². The number of aromatic hydroxyl groups is 5. The minimum atomic E-state index is -4.06. The van der Waals surface area contributed by atoms with Crippen LogP contribution in [0.15, 0.2) is 354 Å². The topological polar surface area (TPSA) is 444 Å². The smallest absolute Gasteiger partial charge is 0.335 e. The number of halogens is 1. The van der Waals surface area contributed by atoms with Crippen molar-refractivity contribution in [3.05, 3.63) is 342 Å². The standard InChI is InChI=1S/C24H19NO5S2.C21H19NO3S.C20H16BrNO3S.C20H17NO3S.C19H15NO7S2/c26-23(27)15-31-22-14-21(19-11-4-5-12-20(19)24(22)28)25-32(29,30)18-10-6-9-17(13-18)16-7-2-1-3-8-16;1-14(23)13-26-19-12-18(16-9-5-6-10-17(16)21(19)25)22-20(24)11-15-7-3-2-4-8-15;1-12(23)11-26-18-10-17(15-4-2-3-5-16(15)19(18)24)22-20(25)13-6-8-14(21)9-7-13;1-13(22)12-25-18-11-17(15-9-5-6-10-16(15)19(18)23)21-20(24)14-7-3-2-4-8-14;21-17(22)10-28-16-9-15(13-3-1-2-4-14(13)18(16)23)20-29(26,27)12-7-5-11(6-8-12)19(24)25/h1-14,25,28H,15H2,(H,26,27);2-10,12,25H,11,13H2,1H3,(H,22,24);2-10,24H,11H2,1H3,(H,22,25);2-11,23H,12H2,1H3,(H,21,24);1-9,20,23H,10H2,(H,21,22)(H,24,25). The first-order valence-corrected chi connectivity index (χ1v) is 50.4. The van der Waals surface area contributed by atoms with Crippen LogP contribution in [0.4, 0.5) is 28.4 Å². The number of aliphatic carboxylic acids is 2. The van der Waals surface area contributed by atoms with Crippen molar-refractivity contribution in [1.82, 2.24) is 0 Å². The van der Waals surface area contributed by atoms with E-state index < -0.39 is 38.0 Å². The zero-order valence-electron chi connectivity index (χ0n) is 73.4. The van der Waals surface area contributed by atoms with Gasteiger partial charge in [-0.2, -0.15) is 0 Å². The number of sulfonamides is 2. The summed E-state index contributed by atoms with van der Waals surface area (Å²) in [6.45, 7) is 4.51. The summed E-state index contributed by atoms with van der Waals surface area (Å²) < 4.78 is 57.9. The number of benzene rings is 16. The van der Waals surface area contributed by atoms with Crippen LogP contribution in [0.5, 0.6) is 28.7 Å². The van der Waals surface area contributed by atoms with Crippen molar-refractivity contribution in [3.63, 3.8) is 0 Å². The van der Waals surface area contributed by atoms with E-state index in [-0.39, 0.29) is 136 Å². The third-order valence-electron chi connectivity index (χ3n) is 20.2. The summed E-state index contributed by atoms with van der Waals surface area (Å²) in [7, 11) is -8.01. The van der Waals surface area contributed by atoms with Gasteiger partial charge in [0.25, 0.3) is 31.9 Å². The van der Waals surface area contributed by atoms with Gasteiger partial charge in [0.05, 0.1) is 97.8 Å². The maximum absolute atomic E-state index is 13.2. The van der Waals surface area contributed by atoms with Crippen LogP contribution < -0.4 is 25.4 Å². The number of carboxylic acid groups (broad SMARTS) is 3. The molecule has 0 aliphatic carbocycles. The number of ketones is 3. The molecule has 702 valence electrons. The highest BCUT2D eigenvalue weighted by Gasteiger charge is 2.25. The Morgan fingerprint density at radius 2 is 0.580 bits per heavy atom. The first kappa shape index (κ1) is 102. The molecule has 34 heteroatoms. The van der Waals surface area contributed by atoms with E-state index in [1.807, 2.05) is 127 Å². The summed E-state index contributed by atoms with van der Waals surface area (Å²) >= 11 is 8.91. The van der Waals surface area contributed by atoms with Gasteiger partial charge in [-0.3, -0.25) is 47.8 Å². The predicted molar refractivity (Wildman–Crippen MR) is 551 cm³/mol. The number of aromatic carboxylic acids is 1. The van der Waals surface area contributed by atoms with E-state index in [1.54, 1.807) is 146 Å². The van der Waals surface area contributed by atoms with Gasteiger partial charge in [-0.05, 0) is 141 Å². The van der Waals surface area contributed by atoms with Gasteiger partial charge < -0.3 is 56.8 Å². The van der Waals surface area contributed by atoms with Gasteiger partial charge in [-0.25, -0.2) is 21.6 Å². The highest BCUT2D eigenvalue weighted by molar-refractivity contribution is 9.10. The minimum absolute atomic E-state index is 0.0167. The van der Waals surface area contributed by atoms with E-state index in [0.29, 0.717) is 80.6 Å². The number of phenolic OH excluding ortho intramolecular Hbond substituents is 5. The maximum atomic E-state index is 13.2. The number of thioether (sulfide) groups is 5. The maximum Gasteiger partial charge on any atom is 0.335 e. The van der Waals surface area contributed by atoms with Crippen LogP contribution in [0.3, 0.4) is 0 Å². The molecule has 3 amide bonds. The Morgan fingerprint density at radius 1 is 0.290 bits per heavy atom. The quantitative estimate of drug-likeness (QED) is 0.0147. The minimum Gasteiger partial charge on any atom is -0.506 e. The number of Topliss-reactive ketones (excluding diaryl/α,β-unsaturated/α-hetero) is 3. The summed E-state index contributed by atoms with van der Waals surface area (Å²) in [5.41, 5.74) is 5.88. The molecular weight excluding hydrogens is 1960 g/mol. The molecule has 0 radical (unpaired) electrons. The van der Waals surface area contributed by atoms with E-state index in [0.717, 1.165) is 60.8 Å². The predicted octanol–water partition coefficient (Wildman–Crippen LogP) is 22.5. The molecular formula is C104H86BrN5O21S7. The summed E-state index contributed by atoms with van der Waals surface area (Å²) in [6, 6.07) is 89.6. The highest BCUT2D eigenvalue weighted by atomic mass is 79.9. The lowest BCUT2D eigenvalue weighted by Crippen LogP contribution is -2.14. The van der Waals surface area contributed by atoms with Crippen molar-refractivity contribution in [2.45, 2.75) is 61.5 Å². The third-order valence-corrected chi connectivity index (χ3v) is 29.0. The molecule has 0 unspecified atom stereocenters. The average Bonchev–Trinajstić information content (AvgIpc) is 0.779. The van der Waals surface area contributed by atoms with Gasteiger partial charge in [0, 0.05) is 75.1 Å². The van der Waals surface area contributed by atoms with Gasteiger partial charge in [0.2, 0.25) is 5.91 Å². The van der Waals surface area contributed by atoms with Crippen LogP contribution in [0, 0.1) is 0 Å². The second kappa shape index (κ2) is 47.7. The summed E-state index contributed by atoms with van der Waals surface area (Å²) in [5.74, 6) is -3.46. The first-order chi connectivity index (χ1) is 66.1. The molecule has 13 N–H and O–H groups in total. The van der Waals surface area contributed by atoms with Crippen molar-refractivity contribution in [1.29, 1.82) is 0 Å². The van der Waals surface area contributed by atoms with Crippen molar-refractivity contribution < 1.29 is 101 Å². The molecule has 0 aliphatic heterocycles. The number of fused-ring (bicyclic) bond motifs is 5. The van der Waals surface area contributed by atoms with E-state index in [4.69, 9.17) is 15.3 Å². The number of amides is 3. The normalized spacial score (nSPS) is 11.0. The number of phenols is 5. The van der Waals surface area contributed by atoms with Crippen LogP contribution in [0.2, 0.25) is 0 Å². The van der Waals surface area contributed by atoms with Gasteiger partial charge in [0.15, 0.2) is 0 Å². The van der Waals surface area contributed by atoms with Crippen LogP contribution >= 0.6 is 74.7 Å². The Bertz CT molecular complexity index is 7540. The Morgan fingerprint density at radius 3 is 0.935 bits per heavy atom. The third kappa shape index (κ3) is 27.4. The Labute approximate surface area is 822 Å². The molecule has 26 nitrogen and oxygen atoms in total. The zero-order chi connectivity index (χ0) is 98.9. The molecule has 138 heavy (non-hydrogen) atoms. The van der Waals surface area contributed by atoms with Crippen molar-refractivity contribution in [2.24, 2.45) is 0 Å². The average molecular weight is 2050 g/mol. The van der Waals surface area contributed by atoms with Crippen LogP contribution in [-0.4, -0.2) is 139 Å². The lowest BCUT2D eigenvalue weighted by atomic mass is 10.1. The first-order valence-electron chi connectivity index (χ1n) is 41.7. The van der Waals surface area contributed by atoms with Gasteiger partial charge in [-0.15, -0.1) is 58.8 Å². The SMILES string of the molecule is CC(=O)CSc1cc(NC(=O)Cc2ccccc2)c2ccccc2c1O.CC(=O)CSc1cc(NC(=O)c2ccc(Br)cc2)c2ccccc2c1O.CC(=O)CSc1cc(NC(=O)c2ccccc2)c2ccccc2c1O.O=C(O)CSc1cc(NS(=O)(=O)c2ccc(C(=O)O)cc2)c2ccccc2c1O.O=C(O)CSc1cc(NS(=O)(=O)c2cccc(-c3ccccc3)c2)c2ccccc2c1O. The van der Waals surface area contributed by atoms with Gasteiger partial charge in [-0.1, -0.05) is 228 Å². The number of nitrogens with one attached hydrogen (secondary N) is 5. The zero-order valence-corrected chi connectivity index (χ0v) is 80.7. The van der Waals surface area contributed by atoms with Crippen molar-refractivity contribution >= 4 is 230 Å². The molecule has 16 aromatic carbocycles. The monoisotopic (exact) mass is 2040 g/mol. The molecule has 0 bridgehead atoms. The second-order valence-electron chi connectivity index (χ2n) is 30.3. The number of anilines is 5. The lowest BCUT2D eigenvalue weighted by Gasteiger charge is -2.15.